The molecular weight excluding hydrogens is 270 g/mol. The first-order valence-corrected chi connectivity index (χ1v) is 6.10. The van der Waals surface area contributed by atoms with E-state index in [1.165, 1.54) is 6.07 Å². The average Bonchev–Trinajstić information content (AvgIpc) is 2.23. The number of hydrogen-bond donors (Lipinski definition) is 0. The highest BCUT2D eigenvalue weighted by molar-refractivity contribution is 6.37. The van der Waals surface area contributed by atoms with Crippen molar-refractivity contribution in [2.24, 2.45) is 0 Å². The number of alkyl halides is 1. The number of ketones is 1. The smallest absolute Gasteiger partial charge is 0.165 e. The summed E-state index contributed by atoms with van der Waals surface area (Å²) in [6.45, 7) is 2.34. The molecule has 0 fully saturated rings. The molecule has 2 nitrogen and oxygen atoms in total. The van der Waals surface area contributed by atoms with Crippen molar-refractivity contribution in [3.63, 3.8) is 0 Å². The van der Waals surface area contributed by atoms with Crippen molar-refractivity contribution in [1.29, 1.82) is 0 Å². The Labute approximate surface area is 109 Å². The molecule has 0 saturated carbocycles. The molecule has 0 unspecified atom stereocenters. The lowest BCUT2D eigenvalue weighted by Crippen LogP contribution is -2.02. The molecule has 0 heterocycles. The van der Waals surface area contributed by atoms with Gasteiger partial charge in [-0.2, -0.15) is 0 Å². The zero-order chi connectivity index (χ0) is 12.1. The number of ether oxygens (including phenoxy) is 1. The first-order chi connectivity index (χ1) is 7.60. The SMILES string of the molecule is CCOc1cc(Cl)c(C(=O)CCCl)cc1Cl. The summed E-state index contributed by atoms with van der Waals surface area (Å²) >= 11 is 17.4. The second-order valence-electron chi connectivity index (χ2n) is 3.06. The number of rotatable bonds is 5. The Balaban J connectivity index is 3.05. The van der Waals surface area contributed by atoms with E-state index < -0.39 is 0 Å². The minimum absolute atomic E-state index is 0.120. The van der Waals surface area contributed by atoms with Crippen LogP contribution in [0.1, 0.15) is 23.7 Å². The van der Waals surface area contributed by atoms with Crippen molar-refractivity contribution in [3.8, 4) is 5.75 Å². The number of Topliss-reactive ketones (excluding diaryl/α,β-unsaturated/α-hetero) is 1. The molecule has 5 heteroatoms. The third-order valence-electron chi connectivity index (χ3n) is 1.94. The third kappa shape index (κ3) is 3.27. The lowest BCUT2D eigenvalue weighted by atomic mass is 10.1. The number of halogens is 3. The van der Waals surface area contributed by atoms with Gasteiger partial charge in [-0.3, -0.25) is 4.79 Å². The largest absolute Gasteiger partial charge is 0.492 e. The molecule has 88 valence electrons. The molecule has 0 atom stereocenters. The number of carbonyl (C=O) groups excluding carboxylic acids is 1. The fourth-order valence-corrected chi connectivity index (χ4v) is 1.88. The highest BCUT2D eigenvalue weighted by Crippen LogP contribution is 2.31. The first kappa shape index (κ1) is 13.6. The summed E-state index contributed by atoms with van der Waals surface area (Å²) in [6.07, 6.45) is 0.242. The molecular formula is C11H11Cl3O2. The highest BCUT2D eigenvalue weighted by Gasteiger charge is 2.14. The quantitative estimate of drug-likeness (QED) is 0.597. The van der Waals surface area contributed by atoms with Gasteiger partial charge in [0.2, 0.25) is 0 Å². The molecule has 0 aliphatic heterocycles. The van der Waals surface area contributed by atoms with Crippen LogP contribution in [0.3, 0.4) is 0 Å². The van der Waals surface area contributed by atoms with Gasteiger partial charge in [-0.25, -0.2) is 0 Å². The van der Waals surface area contributed by atoms with E-state index in [9.17, 15) is 4.79 Å². The van der Waals surface area contributed by atoms with Gasteiger partial charge in [0, 0.05) is 23.9 Å². The van der Waals surface area contributed by atoms with E-state index in [2.05, 4.69) is 0 Å². The molecule has 0 radical (unpaired) electrons. The summed E-state index contributed by atoms with van der Waals surface area (Å²) in [6, 6.07) is 3.07. The number of benzene rings is 1. The van der Waals surface area contributed by atoms with Crippen LogP contribution in [0.15, 0.2) is 12.1 Å². The van der Waals surface area contributed by atoms with E-state index >= 15 is 0 Å². The Morgan fingerprint density at radius 2 is 2.00 bits per heavy atom. The first-order valence-electron chi connectivity index (χ1n) is 4.81. The van der Waals surface area contributed by atoms with Gasteiger partial charge in [-0.05, 0) is 13.0 Å². The van der Waals surface area contributed by atoms with Crippen LogP contribution in [0, 0.1) is 0 Å². The summed E-state index contributed by atoms with van der Waals surface area (Å²) in [7, 11) is 0. The van der Waals surface area contributed by atoms with Crippen LogP contribution in [0.5, 0.6) is 5.75 Å². The average molecular weight is 282 g/mol. The summed E-state index contributed by atoms with van der Waals surface area (Å²) in [4.78, 5) is 11.6. The van der Waals surface area contributed by atoms with E-state index in [1.54, 1.807) is 6.07 Å². The lowest BCUT2D eigenvalue weighted by Gasteiger charge is -2.09. The fourth-order valence-electron chi connectivity index (χ4n) is 1.23. The molecule has 0 aliphatic carbocycles. The van der Waals surface area contributed by atoms with Crippen LogP contribution in [0.25, 0.3) is 0 Å². The fraction of sp³-hybridized carbons (Fsp3) is 0.364. The molecule has 0 N–H and O–H groups in total. The van der Waals surface area contributed by atoms with Gasteiger partial charge in [0.25, 0.3) is 0 Å². The maximum atomic E-state index is 11.6. The Hall–Kier alpha value is -0.440. The summed E-state index contributed by atoms with van der Waals surface area (Å²) in [5.74, 6) is 0.626. The third-order valence-corrected chi connectivity index (χ3v) is 2.74. The van der Waals surface area contributed by atoms with Crippen LogP contribution in [0.2, 0.25) is 10.0 Å². The molecule has 16 heavy (non-hydrogen) atoms. The monoisotopic (exact) mass is 280 g/mol. The summed E-state index contributed by atoms with van der Waals surface area (Å²) in [5, 5.41) is 0.715. The van der Waals surface area contributed by atoms with E-state index in [1.807, 2.05) is 6.92 Å². The molecule has 1 aromatic carbocycles. The van der Waals surface area contributed by atoms with Crippen LogP contribution in [-0.2, 0) is 0 Å². The predicted molar refractivity (Wildman–Crippen MR) is 67.3 cm³/mol. The van der Waals surface area contributed by atoms with Gasteiger partial charge >= 0.3 is 0 Å². The van der Waals surface area contributed by atoms with E-state index in [4.69, 9.17) is 39.5 Å². The Morgan fingerprint density at radius 1 is 1.31 bits per heavy atom. The molecule has 0 bridgehead atoms. The van der Waals surface area contributed by atoms with Crippen molar-refractivity contribution in [2.45, 2.75) is 13.3 Å². The predicted octanol–water partition coefficient (Wildman–Crippen LogP) is 4.20. The van der Waals surface area contributed by atoms with Gasteiger partial charge in [0.1, 0.15) is 5.75 Å². The Kier molecular flexibility index (Phi) is 5.39. The van der Waals surface area contributed by atoms with Gasteiger partial charge in [-0.1, -0.05) is 23.2 Å². The summed E-state index contributed by atoms with van der Waals surface area (Å²) < 4.78 is 5.26. The standard InChI is InChI=1S/C11H11Cl3O2/c1-2-16-11-6-8(13)7(5-9(11)14)10(15)3-4-12/h5-6H,2-4H2,1H3. The zero-order valence-electron chi connectivity index (χ0n) is 8.73. The Morgan fingerprint density at radius 3 is 2.56 bits per heavy atom. The lowest BCUT2D eigenvalue weighted by molar-refractivity contribution is 0.0989. The number of hydrogen-bond acceptors (Lipinski definition) is 2. The van der Waals surface area contributed by atoms with Crippen LogP contribution in [-0.4, -0.2) is 18.3 Å². The number of carbonyl (C=O) groups is 1. The molecule has 0 amide bonds. The van der Waals surface area contributed by atoms with E-state index in [0.29, 0.717) is 28.0 Å². The summed E-state index contributed by atoms with van der Waals surface area (Å²) in [5.41, 5.74) is 0.385. The topological polar surface area (TPSA) is 26.3 Å². The van der Waals surface area contributed by atoms with Crippen molar-refractivity contribution < 1.29 is 9.53 Å². The minimum atomic E-state index is -0.120. The zero-order valence-corrected chi connectivity index (χ0v) is 11.0. The maximum Gasteiger partial charge on any atom is 0.165 e. The van der Waals surface area contributed by atoms with Gasteiger partial charge in [-0.15, -0.1) is 11.6 Å². The van der Waals surface area contributed by atoms with Crippen LogP contribution in [0.4, 0.5) is 0 Å². The molecule has 0 saturated heterocycles. The maximum absolute atomic E-state index is 11.6. The van der Waals surface area contributed by atoms with Gasteiger partial charge in [0.15, 0.2) is 5.78 Å². The second kappa shape index (κ2) is 6.33. The van der Waals surface area contributed by atoms with E-state index in [0.717, 1.165) is 0 Å². The van der Waals surface area contributed by atoms with Gasteiger partial charge in [0.05, 0.1) is 16.7 Å². The van der Waals surface area contributed by atoms with Crippen molar-refractivity contribution in [2.75, 3.05) is 12.5 Å². The highest BCUT2D eigenvalue weighted by atomic mass is 35.5. The normalized spacial score (nSPS) is 10.2. The van der Waals surface area contributed by atoms with E-state index in [-0.39, 0.29) is 18.1 Å². The molecule has 1 aromatic rings. The minimum Gasteiger partial charge on any atom is -0.492 e. The van der Waals surface area contributed by atoms with Gasteiger partial charge < -0.3 is 4.74 Å². The molecule has 1 rings (SSSR count). The van der Waals surface area contributed by atoms with Crippen molar-refractivity contribution >= 4 is 40.6 Å². The van der Waals surface area contributed by atoms with Crippen molar-refractivity contribution in [1.82, 2.24) is 0 Å². The van der Waals surface area contributed by atoms with Crippen molar-refractivity contribution in [3.05, 3.63) is 27.7 Å². The molecule has 0 aromatic heterocycles. The molecule has 0 spiro atoms. The Bertz CT molecular complexity index is 391. The molecule has 0 aliphatic rings. The van der Waals surface area contributed by atoms with Crippen LogP contribution < -0.4 is 4.74 Å². The second-order valence-corrected chi connectivity index (χ2v) is 4.25. The van der Waals surface area contributed by atoms with Crippen LogP contribution >= 0.6 is 34.8 Å².